The lowest BCUT2D eigenvalue weighted by Crippen LogP contribution is -2.38. The van der Waals surface area contributed by atoms with E-state index in [1.807, 2.05) is 30.3 Å². The van der Waals surface area contributed by atoms with E-state index in [0.29, 0.717) is 6.54 Å². The summed E-state index contributed by atoms with van der Waals surface area (Å²) in [7, 11) is 0. The maximum atomic E-state index is 11.4. The molecule has 1 amide bonds. The van der Waals surface area contributed by atoms with Crippen molar-refractivity contribution in [2.75, 3.05) is 0 Å². The van der Waals surface area contributed by atoms with Crippen molar-refractivity contribution >= 4 is 5.91 Å². The third-order valence-electron chi connectivity index (χ3n) is 2.37. The molecule has 0 radical (unpaired) electrons. The van der Waals surface area contributed by atoms with Crippen LogP contribution in [0.2, 0.25) is 0 Å². The van der Waals surface area contributed by atoms with Crippen LogP contribution >= 0.6 is 0 Å². The largest absolute Gasteiger partial charge is 0.392 e. The first-order valence-corrected chi connectivity index (χ1v) is 5.34. The average Bonchev–Trinajstić information content (AvgIpc) is 2.27. The van der Waals surface area contributed by atoms with E-state index in [1.54, 1.807) is 6.92 Å². The van der Waals surface area contributed by atoms with Gasteiger partial charge >= 0.3 is 0 Å². The molecule has 4 nitrogen and oxygen atoms in total. The number of hydrogen-bond acceptors (Lipinski definition) is 3. The van der Waals surface area contributed by atoms with Gasteiger partial charge in [-0.25, -0.2) is 0 Å². The topological polar surface area (TPSA) is 75.3 Å². The Labute approximate surface area is 95.5 Å². The van der Waals surface area contributed by atoms with Gasteiger partial charge in [0, 0.05) is 19.0 Å². The first-order chi connectivity index (χ1) is 7.59. The number of nitrogens with two attached hydrogens (primary N) is 1. The molecular weight excluding hydrogens is 204 g/mol. The second kappa shape index (κ2) is 6.25. The Hall–Kier alpha value is -1.39. The molecule has 1 aromatic rings. The van der Waals surface area contributed by atoms with Gasteiger partial charge in [0.2, 0.25) is 5.91 Å². The number of carbonyl (C=O) groups is 1. The number of hydrogen-bond donors (Lipinski definition) is 3. The van der Waals surface area contributed by atoms with Crippen molar-refractivity contribution in [3.05, 3.63) is 35.9 Å². The molecule has 2 atom stereocenters. The SMILES string of the molecule is C[C@H](O)[C@H](N)CC(=O)NCc1ccccc1. The van der Waals surface area contributed by atoms with E-state index in [4.69, 9.17) is 10.8 Å². The lowest BCUT2D eigenvalue weighted by molar-refractivity contribution is -0.122. The molecule has 0 saturated carbocycles. The molecule has 4 N–H and O–H groups in total. The molecule has 0 aliphatic heterocycles. The average molecular weight is 222 g/mol. The van der Waals surface area contributed by atoms with Crippen LogP contribution in [0.5, 0.6) is 0 Å². The van der Waals surface area contributed by atoms with E-state index in [2.05, 4.69) is 5.32 Å². The number of carbonyl (C=O) groups excluding carboxylic acids is 1. The fourth-order valence-corrected chi connectivity index (χ4v) is 1.25. The molecule has 0 spiro atoms. The van der Waals surface area contributed by atoms with Crippen molar-refractivity contribution in [2.45, 2.75) is 32.0 Å². The van der Waals surface area contributed by atoms with Crippen LogP contribution in [0.3, 0.4) is 0 Å². The smallest absolute Gasteiger partial charge is 0.221 e. The van der Waals surface area contributed by atoms with E-state index < -0.39 is 12.1 Å². The van der Waals surface area contributed by atoms with Crippen LogP contribution in [0.4, 0.5) is 0 Å². The van der Waals surface area contributed by atoms with E-state index in [1.165, 1.54) is 0 Å². The van der Waals surface area contributed by atoms with Gasteiger partial charge in [-0.1, -0.05) is 30.3 Å². The molecule has 4 heteroatoms. The van der Waals surface area contributed by atoms with Crippen LogP contribution < -0.4 is 11.1 Å². The zero-order chi connectivity index (χ0) is 12.0. The van der Waals surface area contributed by atoms with Crippen LogP contribution in [0.1, 0.15) is 18.9 Å². The summed E-state index contributed by atoms with van der Waals surface area (Å²) in [6.07, 6.45) is -0.521. The minimum absolute atomic E-state index is 0.141. The predicted octanol–water partition coefficient (Wildman–Crippen LogP) is 0.401. The molecule has 0 aliphatic carbocycles. The third kappa shape index (κ3) is 4.42. The zero-order valence-electron chi connectivity index (χ0n) is 9.39. The van der Waals surface area contributed by atoms with E-state index in [9.17, 15) is 4.79 Å². The first kappa shape index (κ1) is 12.7. The Balaban J connectivity index is 2.31. The third-order valence-corrected chi connectivity index (χ3v) is 2.37. The van der Waals surface area contributed by atoms with Crippen molar-refractivity contribution in [3.8, 4) is 0 Å². The number of nitrogens with one attached hydrogen (secondary N) is 1. The van der Waals surface area contributed by atoms with Crippen molar-refractivity contribution in [2.24, 2.45) is 5.73 Å². The van der Waals surface area contributed by atoms with Gasteiger partial charge in [0.05, 0.1) is 6.10 Å². The monoisotopic (exact) mass is 222 g/mol. The Kier molecular flexibility index (Phi) is 4.95. The highest BCUT2D eigenvalue weighted by Crippen LogP contribution is 1.99. The summed E-state index contributed by atoms with van der Waals surface area (Å²) in [4.78, 5) is 11.4. The molecule has 16 heavy (non-hydrogen) atoms. The molecule has 0 heterocycles. The Bertz CT molecular complexity index is 325. The van der Waals surface area contributed by atoms with Crippen LogP contribution in [0.25, 0.3) is 0 Å². The van der Waals surface area contributed by atoms with Gasteiger partial charge in [0.25, 0.3) is 0 Å². The molecule has 0 aliphatic rings. The molecule has 0 saturated heterocycles. The fourth-order valence-electron chi connectivity index (χ4n) is 1.25. The van der Waals surface area contributed by atoms with Crippen LogP contribution in [-0.4, -0.2) is 23.2 Å². The van der Waals surface area contributed by atoms with Crippen molar-refractivity contribution in [3.63, 3.8) is 0 Å². The summed E-state index contributed by atoms with van der Waals surface area (Å²) in [6.45, 7) is 2.07. The Morgan fingerprint density at radius 1 is 1.44 bits per heavy atom. The highest BCUT2D eigenvalue weighted by atomic mass is 16.3. The fraction of sp³-hybridized carbons (Fsp3) is 0.417. The molecule has 0 unspecified atom stereocenters. The van der Waals surface area contributed by atoms with Crippen LogP contribution in [0.15, 0.2) is 30.3 Å². The van der Waals surface area contributed by atoms with Gasteiger partial charge in [-0.15, -0.1) is 0 Å². The molecule has 88 valence electrons. The maximum Gasteiger partial charge on any atom is 0.221 e. The number of aliphatic hydroxyl groups is 1. The van der Waals surface area contributed by atoms with Crippen LogP contribution in [0, 0.1) is 0 Å². The summed E-state index contributed by atoms with van der Waals surface area (Å²) in [5.74, 6) is -0.141. The Morgan fingerprint density at radius 2 is 2.06 bits per heavy atom. The molecule has 0 bridgehead atoms. The second-order valence-corrected chi connectivity index (χ2v) is 3.87. The van der Waals surface area contributed by atoms with Crippen molar-refractivity contribution in [1.82, 2.24) is 5.32 Å². The number of aliphatic hydroxyl groups excluding tert-OH is 1. The van der Waals surface area contributed by atoms with Gasteiger partial charge in [0.15, 0.2) is 0 Å². The quantitative estimate of drug-likeness (QED) is 0.675. The molecule has 1 rings (SSSR count). The van der Waals surface area contributed by atoms with Crippen LogP contribution in [-0.2, 0) is 11.3 Å². The van der Waals surface area contributed by atoms with Gasteiger partial charge in [-0.3, -0.25) is 4.79 Å². The highest BCUT2D eigenvalue weighted by Gasteiger charge is 2.13. The number of benzene rings is 1. The molecule has 1 aromatic carbocycles. The second-order valence-electron chi connectivity index (χ2n) is 3.87. The van der Waals surface area contributed by atoms with Gasteiger partial charge in [-0.05, 0) is 12.5 Å². The lowest BCUT2D eigenvalue weighted by atomic mass is 10.1. The normalized spacial score (nSPS) is 14.2. The first-order valence-electron chi connectivity index (χ1n) is 5.34. The van der Waals surface area contributed by atoms with Gasteiger partial charge in [0.1, 0.15) is 0 Å². The van der Waals surface area contributed by atoms with Crippen molar-refractivity contribution in [1.29, 1.82) is 0 Å². The maximum absolute atomic E-state index is 11.4. The van der Waals surface area contributed by atoms with Gasteiger partial charge in [-0.2, -0.15) is 0 Å². The summed E-state index contributed by atoms with van der Waals surface area (Å²) in [5.41, 5.74) is 6.62. The molecule has 0 aromatic heterocycles. The molecule has 0 fully saturated rings. The summed E-state index contributed by atoms with van der Waals surface area (Å²) < 4.78 is 0. The lowest BCUT2D eigenvalue weighted by Gasteiger charge is -2.14. The Morgan fingerprint density at radius 3 is 2.62 bits per heavy atom. The van der Waals surface area contributed by atoms with E-state index in [0.717, 1.165) is 5.56 Å². The predicted molar refractivity (Wildman–Crippen MR) is 62.6 cm³/mol. The van der Waals surface area contributed by atoms with E-state index >= 15 is 0 Å². The minimum Gasteiger partial charge on any atom is -0.392 e. The summed E-state index contributed by atoms with van der Waals surface area (Å²) in [5, 5.41) is 11.9. The van der Waals surface area contributed by atoms with Crippen molar-refractivity contribution < 1.29 is 9.90 Å². The summed E-state index contributed by atoms with van der Waals surface area (Å²) in [6, 6.07) is 9.14. The van der Waals surface area contributed by atoms with E-state index in [-0.39, 0.29) is 12.3 Å². The standard InChI is InChI=1S/C12H18N2O2/c1-9(15)11(13)7-12(16)14-8-10-5-3-2-4-6-10/h2-6,9,11,15H,7-8,13H2,1H3,(H,14,16)/t9-,11+/m0/s1. The summed E-state index contributed by atoms with van der Waals surface area (Å²) >= 11 is 0. The number of amides is 1. The molecular formula is C12H18N2O2. The minimum atomic E-state index is -0.664. The van der Waals surface area contributed by atoms with Gasteiger partial charge < -0.3 is 16.2 Å². The number of rotatable bonds is 5. The zero-order valence-corrected chi connectivity index (χ0v) is 9.39. The highest BCUT2D eigenvalue weighted by molar-refractivity contribution is 5.76.